The maximum absolute atomic E-state index is 14.1. The number of hydrogen-bond acceptors (Lipinski definition) is 4. The average molecular weight is 283 g/mol. The molecule has 1 aromatic carbocycles. The van der Waals surface area contributed by atoms with Crippen molar-refractivity contribution >= 4 is 5.69 Å². The van der Waals surface area contributed by atoms with Crippen LogP contribution in [0.5, 0.6) is 0 Å². The number of pyridine rings is 1. The maximum atomic E-state index is 14.1. The zero-order valence-electron chi connectivity index (χ0n) is 11.4. The van der Waals surface area contributed by atoms with Crippen LogP contribution in [0.3, 0.4) is 0 Å². The van der Waals surface area contributed by atoms with Gasteiger partial charge in [0.1, 0.15) is 18.3 Å². The summed E-state index contributed by atoms with van der Waals surface area (Å²) in [6.07, 6.45) is 6.35. The van der Waals surface area contributed by atoms with E-state index in [2.05, 4.69) is 20.4 Å². The van der Waals surface area contributed by atoms with Crippen molar-refractivity contribution in [1.29, 1.82) is 0 Å². The quantitative estimate of drug-likeness (QED) is 0.799. The number of anilines is 1. The summed E-state index contributed by atoms with van der Waals surface area (Å²) < 4.78 is 15.5. The summed E-state index contributed by atoms with van der Waals surface area (Å²) in [4.78, 5) is 7.89. The Labute approximate surface area is 121 Å². The van der Waals surface area contributed by atoms with Gasteiger partial charge in [-0.25, -0.2) is 14.1 Å². The van der Waals surface area contributed by atoms with E-state index in [0.717, 1.165) is 5.56 Å². The van der Waals surface area contributed by atoms with Crippen LogP contribution >= 0.6 is 0 Å². The van der Waals surface area contributed by atoms with Crippen molar-refractivity contribution in [3.8, 4) is 5.69 Å². The highest BCUT2D eigenvalue weighted by atomic mass is 19.1. The van der Waals surface area contributed by atoms with Crippen LogP contribution in [0.2, 0.25) is 0 Å². The molecule has 0 aliphatic rings. The molecule has 21 heavy (non-hydrogen) atoms. The van der Waals surface area contributed by atoms with E-state index in [1.165, 1.54) is 23.4 Å². The van der Waals surface area contributed by atoms with Crippen molar-refractivity contribution in [3.63, 3.8) is 0 Å². The Hall–Kier alpha value is -2.76. The highest BCUT2D eigenvalue weighted by molar-refractivity contribution is 5.50. The minimum Gasteiger partial charge on any atom is -0.378 e. The normalized spacial score (nSPS) is 12.1. The van der Waals surface area contributed by atoms with Gasteiger partial charge >= 0.3 is 0 Å². The van der Waals surface area contributed by atoms with Crippen molar-refractivity contribution in [1.82, 2.24) is 19.7 Å². The van der Waals surface area contributed by atoms with E-state index in [1.54, 1.807) is 18.5 Å². The largest absolute Gasteiger partial charge is 0.378 e. The van der Waals surface area contributed by atoms with Crippen LogP contribution in [0, 0.1) is 5.82 Å². The summed E-state index contributed by atoms with van der Waals surface area (Å²) in [6.45, 7) is 2.00. The van der Waals surface area contributed by atoms with E-state index in [-0.39, 0.29) is 11.9 Å². The second-order valence-corrected chi connectivity index (χ2v) is 4.66. The lowest BCUT2D eigenvalue weighted by atomic mass is 10.1. The van der Waals surface area contributed by atoms with Gasteiger partial charge in [0.25, 0.3) is 0 Å². The molecule has 0 saturated heterocycles. The predicted molar refractivity (Wildman–Crippen MR) is 77.6 cm³/mol. The highest BCUT2D eigenvalue weighted by Gasteiger charge is 2.09. The minimum atomic E-state index is -0.358. The van der Waals surface area contributed by atoms with Gasteiger partial charge in [-0.1, -0.05) is 6.07 Å². The fourth-order valence-electron chi connectivity index (χ4n) is 2.08. The number of rotatable bonds is 4. The minimum absolute atomic E-state index is 0.0373. The highest BCUT2D eigenvalue weighted by Crippen LogP contribution is 2.22. The molecule has 1 atom stereocenters. The molecule has 2 aromatic heterocycles. The molecule has 0 aliphatic heterocycles. The van der Waals surface area contributed by atoms with E-state index < -0.39 is 0 Å². The third-order valence-electron chi connectivity index (χ3n) is 3.18. The fourth-order valence-corrected chi connectivity index (χ4v) is 2.08. The summed E-state index contributed by atoms with van der Waals surface area (Å²) in [7, 11) is 0. The molecule has 0 amide bonds. The zero-order valence-corrected chi connectivity index (χ0v) is 11.4. The Morgan fingerprint density at radius 3 is 2.81 bits per heavy atom. The Morgan fingerprint density at radius 2 is 2.14 bits per heavy atom. The second kappa shape index (κ2) is 5.70. The molecule has 5 nitrogen and oxygen atoms in total. The first-order valence-corrected chi connectivity index (χ1v) is 6.55. The van der Waals surface area contributed by atoms with E-state index in [4.69, 9.17) is 0 Å². The van der Waals surface area contributed by atoms with Crippen LogP contribution in [-0.2, 0) is 0 Å². The summed E-state index contributed by atoms with van der Waals surface area (Å²) in [5.41, 5.74) is 2.11. The fraction of sp³-hybridized carbons (Fsp3) is 0.133. The second-order valence-electron chi connectivity index (χ2n) is 4.66. The molecule has 0 bridgehead atoms. The molecule has 0 fully saturated rings. The van der Waals surface area contributed by atoms with E-state index in [1.807, 2.05) is 25.1 Å². The molecule has 0 saturated carbocycles. The molecule has 0 radical (unpaired) electrons. The van der Waals surface area contributed by atoms with Crippen LogP contribution in [0.4, 0.5) is 10.1 Å². The summed E-state index contributed by atoms with van der Waals surface area (Å²) >= 11 is 0. The van der Waals surface area contributed by atoms with E-state index >= 15 is 0 Å². The lowest BCUT2D eigenvalue weighted by molar-refractivity contribution is 0.610. The maximum Gasteiger partial charge on any atom is 0.150 e. The SMILES string of the molecule is CC(Nc1ccc(-n2cncn2)c(F)c1)c1cccnc1. The number of nitrogens with zero attached hydrogens (tertiary/aromatic N) is 4. The molecule has 3 rings (SSSR count). The van der Waals surface area contributed by atoms with Gasteiger partial charge < -0.3 is 5.32 Å². The Balaban J connectivity index is 1.80. The lowest BCUT2D eigenvalue weighted by Crippen LogP contribution is -2.07. The van der Waals surface area contributed by atoms with E-state index in [9.17, 15) is 4.39 Å². The lowest BCUT2D eigenvalue weighted by Gasteiger charge is -2.16. The van der Waals surface area contributed by atoms with Gasteiger partial charge in [-0.05, 0) is 36.8 Å². The number of halogens is 1. The van der Waals surface area contributed by atoms with Crippen LogP contribution < -0.4 is 5.32 Å². The topological polar surface area (TPSA) is 55.6 Å². The Morgan fingerprint density at radius 1 is 1.24 bits per heavy atom. The number of hydrogen-bond donors (Lipinski definition) is 1. The molecule has 3 aromatic rings. The van der Waals surface area contributed by atoms with Crippen molar-refractivity contribution in [3.05, 3.63) is 66.8 Å². The summed E-state index contributed by atoms with van der Waals surface area (Å²) in [5.74, 6) is -0.358. The van der Waals surface area contributed by atoms with Crippen LogP contribution in [0.15, 0.2) is 55.4 Å². The predicted octanol–water partition coefficient (Wildman–Crippen LogP) is 2.97. The molecular weight excluding hydrogens is 269 g/mol. The monoisotopic (exact) mass is 283 g/mol. The van der Waals surface area contributed by atoms with Crippen LogP contribution in [-0.4, -0.2) is 19.7 Å². The van der Waals surface area contributed by atoms with Crippen LogP contribution in [0.25, 0.3) is 5.69 Å². The van der Waals surface area contributed by atoms with Gasteiger partial charge in [0.2, 0.25) is 0 Å². The number of benzene rings is 1. The van der Waals surface area contributed by atoms with Crippen molar-refractivity contribution in [2.75, 3.05) is 5.32 Å². The first kappa shape index (κ1) is 13.2. The van der Waals surface area contributed by atoms with Gasteiger partial charge in [0.15, 0.2) is 5.82 Å². The molecule has 106 valence electrons. The smallest absolute Gasteiger partial charge is 0.150 e. The van der Waals surface area contributed by atoms with Gasteiger partial charge in [0.05, 0.1) is 6.04 Å². The third kappa shape index (κ3) is 2.89. The number of nitrogens with one attached hydrogen (secondary N) is 1. The standard InChI is InChI=1S/C15H14FN5/c1-11(12-3-2-6-17-8-12)20-13-4-5-15(14(16)7-13)21-10-18-9-19-21/h2-11,20H,1H3. The Bertz CT molecular complexity index is 712. The summed E-state index contributed by atoms with van der Waals surface area (Å²) in [5, 5.41) is 7.17. The van der Waals surface area contributed by atoms with Crippen LogP contribution in [0.1, 0.15) is 18.5 Å². The molecule has 1 N–H and O–H groups in total. The average Bonchev–Trinajstić information content (AvgIpc) is 3.02. The van der Waals surface area contributed by atoms with Gasteiger partial charge in [-0.15, -0.1) is 0 Å². The van der Waals surface area contributed by atoms with Crippen molar-refractivity contribution in [2.45, 2.75) is 13.0 Å². The first-order valence-electron chi connectivity index (χ1n) is 6.55. The number of aromatic nitrogens is 4. The van der Waals surface area contributed by atoms with Gasteiger partial charge in [0, 0.05) is 18.1 Å². The molecule has 1 unspecified atom stereocenters. The molecule has 0 aliphatic carbocycles. The molecule has 6 heteroatoms. The summed E-state index contributed by atoms with van der Waals surface area (Å²) in [6, 6.07) is 8.82. The van der Waals surface area contributed by atoms with E-state index in [0.29, 0.717) is 11.4 Å². The van der Waals surface area contributed by atoms with Crippen molar-refractivity contribution in [2.24, 2.45) is 0 Å². The van der Waals surface area contributed by atoms with Gasteiger partial charge in [-0.2, -0.15) is 5.10 Å². The Kier molecular flexibility index (Phi) is 3.59. The molecule has 0 spiro atoms. The molecule has 2 heterocycles. The van der Waals surface area contributed by atoms with Gasteiger partial charge in [-0.3, -0.25) is 4.98 Å². The molecular formula is C15H14FN5. The zero-order chi connectivity index (χ0) is 14.7. The third-order valence-corrected chi connectivity index (χ3v) is 3.18. The van der Waals surface area contributed by atoms with Crippen molar-refractivity contribution < 1.29 is 4.39 Å². The first-order chi connectivity index (χ1) is 10.2.